The van der Waals surface area contributed by atoms with Crippen molar-refractivity contribution >= 4 is 5.82 Å². The van der Waals surface area contributed by atoms with E-state index in [4.69, 9.17) is 0 Å². The number of rotatable bonds is 6. The fraction of sp³-hybridized carbons (Fsp3) is 0.636. The van der Waals surface area contributed by atoms with E-state index in [1.165, 1.54) is 12.4 Å². The van der Waals surface area contributed by atoms with E-state index in [2.05, 4.69) is 41.0 Å². The zero-order valence-corrected chi connectivity index (χ0v) is 10.1. The van der Waals surface area contributed by atoms with Crippen molar-refractivity contribution in [1.29, 1.82) is 0 Å². The van der Waals surface area contributed by atoms with E-state index < -0.39 is 5.95 Å². The molecule has 0 spiro atoms. The Morgan fingerprint density at radius 2 is 2.06 bits per heavy atom. The maximum Gasteiger partial charge on any atom is 0.217 e. The van der Waals surface area contributed by atoms with E-state index >= 15 is 0 Å². The molecule has 1 heterocycles. The minimum Gasteiger partial charge on any atom is -0.366 e. The fourth-order valence-corrected chi connectivity index (χ4v) is 1.58. The molecule has 1 aromatic rings. The van der Waals surface area contributed by atoms with Crippen LogP contribution >= 0.6 is 0 Å². The molecule has 0 radical (unpaired) electrons. The van der Waals surface area contributed by atoms with Crippen LogP contribution in [0.2, 0.25) is 0 Å². The van der Waals surface area contributed by atoms with E-state index in [0.29, 0.717) is 5.82 Å². The van der Waals surface area contributed by atoms with Crippen molar-refractivity contribution < 1.29 is 4.39 Å². The zero-order chi connectivity index (χ0) is 12.0. The monoisotopic (exact) mass is 226 g/mol. The molecular formula is C11H19FN4. The van der Waals surface area contributed by atoms with E-state index in [0.717, 1.165) is 19.6 Å². The summed E-state index contributed by atoms with van der Waals surface area (Å²) in [5.41, 5.74) is 0. The summed E-state index contributed by atoms with van der Waals surface area (Å²) in [4.78, 5) is 9.67. The van der Waals surface area contributed by atoms with Gasteiger partial charge in [-0.25, -0.2) is 9.97 Å². The molecule has 0 aliphatic heterocycles. The van der Waals surface area contributed by atoms with Gasteiger partial charge >= 0.3 is 0 Å². The Labute approximate surface area is 95.9 Å². The number of aromatic nitrogens is 2. The van der Waals surface area contributed by atoms with Crippen molar-refractivity contribution in [2.75, 3.05) is 25.0 Å². The molecule has 0 bridgehead atoms. The quantitative estimate of drug-likeness (QED) is 0.750. The Kier molecular flexibility index (Phi) is 5.11. The van der Waals surface area contributed by atoms with Gasteiger partial charge < -0.3 is 10.2 Å². The van der Waals surface area contributed by atoms with Crippen molar-refractivity contribution in [3.63, 3.8) is 0 Å². The lowest BCUT2D eigenvalue weighted by Crippen LogP contribution is -2.34. The second-order valence-corrected chi connectivity index (χ2v) is 3.76. The van der Waals surface area contributed by atoms with Crippen LogP contribution in [0.3, 0.4) is 0 Å². The topological polar surface area (TPSA) is 41.0 Å². The first-order valence-corrected chi connectivity index (χ1v) is 5.62. The van der Waals surface area contributed by atoms with Crippen molar-refractivity contribution in [2.24, 2.45) is 0 Å². The second-order valence-electron chi connectivity index (χ2n) is 3.76. The van der Waals surface area contributed by atoms with Crippen LogP contribution in [0.4, 0.5) is 10.2 Å². The molecule has 90 valence electrons. The summed E-state index contributed by atoms with van der Waals surface area (Å²) in [6.45, 7) is 9.25. The molecule has 5 heteroatoms. The van der Waals surface area contributed by atoms with Gasteiger partial charge in [-0.3, -0.25) is 0 Å². The molecule has 1 aromatic heterocycles. The molecule has 1 N–H and O–H groups in total. The minimum atomic E-state index is -0.507. The molecule has 4 nitrogen and oxygen atoms in total. The molecular weight excluding hydrogens is 207 g/mol. The first-order valence-electron chi connectivity index (χ1n) is 5.62. The maximum atomic E-state index is 12.8. The number of hydrogen-bond donors (Lipinski definition) is 1. The summed E-state index contributed by atoms with van der Waals surface area (Å²) in [6.07, 6.45) is 1.22. The Morgan fingerprint density at radius 3 is 2.62 bits per heavy atom. The van der Waals surface area contributed by atoms with Gasteiger partial charge in [0.1, 0.15) is 12.1 Å². The molecule has 0 aromatic carbocycles. The third-order valence-electron chi connectivity index (χ3n) is 2.45. The van der Waals surface area contributed by atoms with E-state index in [1.807, 2.05) is 0 Å². The van der Waals surface area contributed by atoms with Gasteiger partial charge in [0.05, 0.1) is 0 Å². The number of nitrogens with zero attached hydrogens (tertiary/aromatic N) is 3. The maximum absolute atomic E-state index is 12.8. The van der Waals surface area contributed by atoms with Gasteiger partial charge in [0, 0.05) is 18.7 Å². The van der Waals surface area contributed by atoms with Gasteiger partial charge in [-0.1, -0.05) is 13.8 Å². The first-order chi connectivity index (χ1) is 7.65. The van der Waals surface area contributed by atoms with Gasteiger partial charge in [-0.15, -0.1) is 0 Å². The molecule has 0 saturated carbocycles. The van der Waals surface area contributed by atoms with Crippen LogP contribution in [0.25, 0.3) is 0 Å². The number of anilines is 1. The Balaban J connectivity index is 2.47. The molecule has 16 heavy (non-hydrogen) atoms. The van der Waals surface area contributed by atoms with Gasteiger partial charge in [0.15, 0.2) is 0 Å². The zero-order valence-electron chi connectivity index (χ0n) is 10.1. The fourth-order valence-electron chi connectivity index (χ4n) is 1.58. The lowest BCUT2D eigenvalue weighted by molar-refractivity contribution is 0.294. The molecule has 1 rings (SSSR count). The first kappa shape index (κ1) is 12.8. The van der Waals surface area contributed by atoms with Crippen LogP contribution in [0, 0.1) is 5.95 Å². The Bertz CT molecular complexity index is 315. The SMILES string of the molecule is CCN(CC)CC(C)Nc1cc(F)ncn1. The van der Waals surface area contributed by atoms with Crippen molar-refractivity contribution in [3.8, 4) is 0 Å². The predicted octanol–water partition coefficient (Wildman–Crippen LogP) is 1.76. The number of likely N-dealkylation sites (N-methyl/N-ethyl adjacent to an activating group) is 1. The Hall–Kier alpha value is -1.23. The molecule has 0 fully saturated rings. The van der Waals surface area contributed by atoms with Gasteiger partial charge in [-0.2, -0.15) is 4.39 Å². The van der Waals surface area contributed by atoms with Crippen molar-refractivity contribution in [2.45, 2.75) is 26.8 Å². The molecule has 0 aliphatic rings. The van der Waals surface area contributed by atoms with Crippen LogP contribution in [0.1, 0.15) is 20.8 Å². The summed E-state index contributed by atoms with van der Waals surface area (Å²) >= 11 is 0. The van der Waals surface area contributed by atoms with Crippen LogP contribution < -0.4 is 5.32 Å². The average Bonchev–Trinajstić information content (AvgIpc) is 2.26. The smallest absolute Gasteiger partial charge is 0.217 e. The van der Waals surface area contributed by atoms with Crippen LogP contribution in [-0.4, -0.2) is 40.5 Å². The van der Waals surface area contributed by atoms with Gasteiger partial charge in [-0.05, 0) is 20.0 Å². The van der Waals surface area contributed by atoms with E-state index in [-0.39, 0.29) is 6.04 Å². The molecule has 0 amide bonds. The summed E-state index contributed by atoms with van der Waals surface area (Å²) < 4.78 is 12.8. The van der Waals surface area contributed by atoms with Crippen molar-refractivity contribution in [3.05, 3.63) is 18.3 Å². The molecule has 1 unspecified atom stereocenters. The Morgan fingerprint density at radius 1 is 1.38 bits per heavy atom. The summed E-state index contributed by atoms with van der Waals surface area (Å²) in [6, 6.07) is 1.54. The highest BCUT2D eigenvalue weighted by atomic mass is 19.1. The highest BCUT2D eigenvalue weighted by Crippen LogP contribution is 2.05. The lowest BCUT2D eigenvalue weighted by atomic mass is 10.3. The summed E-state index contributed by atoms with van der Waals surface area (Å²) in [5, 5.41) is 3.15. The van der Waals surface area contributed by atoms with Gasteiger partial charge in [0.2, 0.25) is 5.95 Å². The minimum absolute atomic E-state index is 0.231. The van der Waals surface area contributed by atoms with Crippen LogP contribution in [-0.2, 0) is 0 Å². The second kappa shape index (κ2) is 6.37. The number of nitrogens with one attached hydrogen (secondary N) is 1. The van der Waals surface area contributed by atoms with Crippen LogP contribution in [0.5, 0.6) is 0 Å². The molecule has 0 saturated heterocycles. The summed E-state index contributed by atoms with van der Waals surface area (Å²) in [7, 11) is 0. The normalized spacial score (nSPS) is 12.8. The highest BCUT2D eigenvalue weighted by molar-refractivity contribution is 5.33. The van der Waals surface area contributed by atoms with Gasteiger partial charge in [0.25, 0.3) is 0 Å². The predicted molar refractivity (Wildman–Crippen MR) is 62.9 cm³/mol. The lowest BCUT2D eigenvalue weighted by Gasteiger charge is -2.23. The average molecular weight is 226 g/mol. The number of halogens is 1. The molecule has 0 aliphatic carbocycles. The van der Waals surface area contributed by atoms with E-state index in [1.54, 1.807) is 0 Å². The number of hydrogen-bond acceptors (Lipinski definition) is 4. The third kappa shape index (κ3) is 4.10. The van der Waals surface area contributed by atoms with Crippen LogP contribution in [0.15, 0.2) is 12.4 Å². The third-order valence-corrected chi connectivity index (χ3v) is 2.45. The summed E-state index contributed by atoms with van der Waals surface area (Å²) in [5.74, 6) is 0.0275. The highest BCUT2D eigenvalue weighted by Gasteiger charge is 2.07. The largest absolute Gasteiger partial charge is 0.366 e. The van der Waals surface area contributed by atoms with E-state index in [9.17, 15) is 4.39 Å². The van der Waals surface area contributed by atoms with Crippen molar-refractivity contribution in [1.82, 2.24) is 14.9 Å². The standard InChI is InChI=1S/C11H19FN4/c1-4-16(5-2)7-9(3)15-11-6-10(12)13-8-14-11/h6,8-9H,4-5,7H2,1-3H3,(H,13,14,15). The molecule has 1 atom stereocenters.